The van der Waals surface area contributed by atoms with Crippen LogP contribution in [0.2, 0.25) is 10.0 Å². The average molecular weight is 467 g/mol. The first kappa shape index (κ1) is 23.1. The summed E-state index contributed by atoms with van der Waals surface area (Å²) in [7, 11) is 0. The number of benzene rings is 1. The molecule has 164 valence electrons. The van der Waals surface area contributed by atoms with Crippen LogP contribution in [0.1, 0.15) is 42.1 Å². The van der Waals surface area contributed by atoms with Crippen LogP contribution in [0.15, 0.2) is 30.6 Å². The lowest BCUT2D eigenvalue weighted by Crippen LogP contribution is -2.42. The van der Waals surface area contributed by atoms with E-state index in [0.29, 0.717) is 37.1 Å². The number of likely N-dealkylation sites (tertiary alicyclic amines) is 1. The van der Waals surface area contributed by atoms with Crippen molar-refractivity contribution in [2.75, 3.05) is 19.6 Å². The van der Waals surface area contributed by atoms with Crippen molar-refractivity contribution in [2.24, 2.45) is 0 Å². The summed E-state index contributed by atoms with van der Waals surface area (Å²) < 4.78 is 51.9. The van der Waals surface area contributed by atoms with Crippen LogP contribution in [0, 0.1) is 0 Å². The SMILES string of the molecule is OC(NCC(c1cnc(C(F)(F)F)nc1)N1CCC(F)CC1)c1c(Cl)cccc1Cl. The standard InChI is InChI=1S/C19H20Cl2F4N4O/c20-13-2-1-3-14(21)16(13)17(30)26-10-15(29-6-4-12(22)5-7-29)11-8-27-18(28-9-11)19(23,24)25/h1-3,8-9,12,15,17,26,30H,4-7,10H2. The monoisotopic (exact) mass is 466 g/mol. The van der Waals surface area contributed by atoms with Gasteiger partial charge in [-0.15, -0.1) is 0 Å². The zero-order valence-corrected chi connectivity index (χ0v) is 17.2. The van der Waals surface area contributed by atoms with Gasteiger partial charge in [0.15, 0.2) is 0 Å². The van der Waals surface area contributed by atoms with Crippen molar-refractivity contribution in [3.05, 3.63) is 57.6 Å². The molecular weight excluding hydrogens is 447 g/mol. The number of aromatic nitrogens is 2. The fourth-order valence-corrected chi connectivity index (χ4v) is 4.00. The molecule has 0 amide bonds. The Labute approximate surface area is 181 Å². The summed E-state index contributed by atoms with van der Waals surface area (Å²) in [6.07, 6.45) is -3.91. The van der Waals surface area contributed by atoms with Gasteiger partial charge in [0.25, 0.3) is 0 Å². The molecule has 2 aromatic rings. The largest absolute Gasteiger partial charge is 0.451 e. The minimum atomic E-state index is -4.64. The summed E-state index contributed by atoms with van der Waals surface area (Å²) in [4.78, 5) is 8.78. The van der Waals surface area contributed by atoms with Gasteiger partial charge in [-0.1, -0.05) is 29.3 Å². The third kappa shape index (κ3) is 5.59. The zero-order valence-electron chi connectivity index (χ0n) is 15.7. The van der Waals surface area contributed by atoms with Crippen LogP contribution in [0.5, 0.6) is 0 Å². The molecular formula is C19H20Cl2F4N4O. The highest BCUT2D eigenvalue weighted by Crippen LogP contribution is 2.31. The van der Waals surface area contributed by atoms with Gasteiger partial charge in [-0.25, -0.2) is 14.4 Å². The summed E-state index contributed by atoms with van der Waals surface area (Å²) >= 11 is 12.2. The molecule has 0 aliphatic carbocycles. The quantitative estimate of drug-likeness (QED) is 0.482. The highest BCUT2D eigenvalue weighted by molar-refractivity contribution is 6.36. The number of nitrogens with one attached hydrogen (secondary N) is 1. The zero-order chi connectivity index (χ0) is 21.9. The molecule has 1 saturated heterocycles. The van der Waals surface area contributed by atoms with E-state index in [9.17, 15) is 22.7 Å². The van der Waals surface area contributed by atoms with Crippen molar-refractivity contribution >= 4 is 23.2 Å². The molecule has 2 unspecified atom stereocenters. The van der Waals surface area contributed by atoms with Gasteiger partial charge in [-0.05, 0) is 25.0 Å². The lowest BCUT2D eigenvalue weighted by molar-refractivity contribution is -0.145. The maximum Gasteiger partial charge on any atom is 0.451 e. The molecule has 2 N–H and O–H groups in total. The molecule has 1 aromatic heterocycles. The molecule has 2 heterocycles. The van der Waals surface area contributed by atoms with E-state index in [0.717, 1.165) is 12.4 Å². The number of aliphatic hydroxyl groups excluding tert-OH is 1. The highest BCUT2D eigenvalue weighted by Gasteiger charge is 2.35. The van der Waals surface area contributed by atoms with Crippen LogP contribution in [0.25, 0.3) is 0 Å². The summed E-state index contributed by atoms with van der Waals surface area (Å²) in [6.45, 7) is 0.962. The molecule has 0 saturated carbocycles. The van der Waals surface area contributed by atoms with Crippen LogP contribution < -0.4 is 5.32 Å². The lowest BCUT2D eigenvalue weighted by atomic mass is 10.0. The topological polar surface area (TPSA) is 61.3 Å². The number of nitrogens with zero attached hydrogens (tertiary/aromatic N) is 3. The number of rotatable bonds is 6. The Morgan fingerprint density at radius 1 is 1.13 bits per heavy atom. The number of piperidine rings is 1. The molecule has 1 aliphatic rings. The van der Waals surface area contributed by atoms with E-state index >= 15 is 0 Å². The van der Waals surface area contributed by atoms with Crippen LogP contribution in [0.4, 0.5) is 17.6 Å². The average Bonchev–Trinajstić information content (AvgIpc) is 2.69. The van der Waals surface area contributed by atoms with Crippen molar-refractivity contribution in [1.29, 1.82) is 0 Å². The van der Waals surface area contributed by atoms with E-state index in [1.54, 1.807) is 18.2 Å². The first-order chi connectivity index (χ1) is 14.2. The Morgan fingerprint density at radius 2 is 1.70 bits per heavy atom. The van der Waals surface area contributed by atoms with Gasteiger partial charge in [-0.3, -0.25) is 10.2 Å². The summed E-state index contributed by atoms with van der Waals surface area (Å²) in [5.74, 6) is -1.23. The Hall–Kier alpha value is -1.52. The Kier molecular flexibility index (Phi) is 7.52. The van der Waals surface area contributed by atoms with E-state index in [1.165, 1.54) is 0 Å². The molecule has 1 aromatic carbocycles. The predicted octanol–water partition coefficient (Wildman–Crippen LogP) is 4.56. The molecule has 2 atom stereocenters. The number of hydrogen-bond acceptors (Lipinski definition) is 5. The second-order valence-electron chi connectivity index (χ2n) is 7.01. The van der Waals surface area contributed by atoms with Crippen molar-refractivity contribution in [3.8, 4) is 0 Å². The van der Waals surface area contributed by atoms with Crippen molar-refractivity contribution in [2.45, 2.75) is 37.5 Å². The van der Waals surface area contributed by atoms with Gasteiger partial charge in [0.1, 0.15) is 12.4 Å². The summed E-state index contributed by atoms with van der Waals surface area (Å²) in [6, 6.07) is 4.34. The Bertz CT molecular complexity index is 825. The first-order valence-electron chi connectivity index (χ1n) is 9.29. The minimum absolute atomic E-state index is 0.133. The van der Waals surface area contributed by atoms with Gasteiger partial charge < -0.3 is 5.11 Å². The fraction of sp³-hybridized carbons (Fsp3) is 0.474. The molecule has 11 heteroatoms. The maximum atomic E-state index is 13.6. The van der Waals surface area contributed by atoms with Crippen LogP contribution in [0.3, 0.4) is 0 Å². The van der Waals surface area contributed by atoms with Gasteiger partial charge in [-0.2, -0.15) is 13.2 Å². The smallest absolute Gasteiger partial charge is 0.374 e. The number of hydrogen-bond donors (Lipinski definition) is 2. The minimum Gasteiger partial charge on any atom is -0.374 e. The molecule has 0 spiro atoms. The molecule has 3 rings (SSSR count). The first-order valence-corrected chi connectivity index (χ1v) is 10.0. The van der Waals surface area contributed by atoms with Crippen molar-refractivity contribution < 1.29 is 22.7 Å². The van der Waals surface area contributed by atoms with Gasteiger partial charge >= 0.3 is 6.18 Å². The molecule has 5 nitrogen and oxygen atoms in total. The van der Waals surface area contributed by atoms with Gasteiger partial charge in [0.05, 0.1) is 6.04 Å². The lowest BCUT2D eigenvalue weighted by Gasteiger charge is -2.36. The molecule has 30 heavy (non-hydrogen) atoms. The number of alkyl halides is 4. The maximum absolute atomic E-state index is 13.6. The predicted molar refractivity (Wildman–Crippen MR) is 105 cm³/mol. The van der Waals surface area contributed by atoms with E-state index < -0.39 is 30.4 Å². The number of halogens is 6. The highest BCUT2D eigenvalue weighted by atomic mass is 35.5. The molecule has 0 bridgehead atoms. The third-order valence-corrected chi connectivity index (χ3v) is 5.65. The van der Waals surface area contributed by atoms with Crippen LogP contribution in [-0.2, 0) is 6.18 Å². The summed E-state index contributed by atoms with van der Waals surface area (Å²) in [5, 5.41) is 14.0. The molecule has 1 aliphatic heterocycles. The van der Waals surface area contributed by atoms with Crippen LogP contribution in [-0.4, -0.2) is 45.8 Å². The van der Waals surface area contributed by atoms with E-state index in [1.807, 2.05) is 4.90 Å². The normalized spacial score (nSPS) is 18.4. The fourth-order valence-electron chi connectivity index (χ4n) is 3.39. The Morgan fingerprint density at radius 3 is 2.23 bits per heavy atom. The van der Waals surface area contributed by atoms with Crippen LogP contribution >= 0.6 is 23.2 Å². The van der Waals surface area contributed by atoms with E-state index in [-0.39, 0.29) is 16.6 Å². The molecule has 0 radical (unpaired) electrons. The van der Waals surface area contributed by atoms with Crippen molar-refractivity contribution in [3.63, 3.8) is 0 Å². The van der Waals surface area contributed by atoms with Gasteiger partial charge in [0, 0.05) is 53.2 Å². The molecule has 1 fully saturated rings. The van der Waals surface area contributed by atoms with E-state index in [4.69, 9.17) is 23.2 Å². The Balaban J connectivity index is 1.79. The third-order valence-electron chi connectivity index (χ3n) is 4.99. The second-order valence-corrected chi connectivity index (χ2v) is 7.82. The second kappa shape index (κ2) is 9.74. The van der Waals surface area contributed by atoms with Gasteiger partial charge in [0.2, 0.25) is 5.82 Å². The number of aliphatic hydroxyl groups is 1. The summed E-state index contributed by atoms with van der Waals surface area (Å²) in [5.41, 5.74) is 0.719. The van der Waals surface area contributed by atoms with E-state index in [2.05, 4.69) is 15.3 Å². The van der Waals surface area contributed by atoms with Crippen molar-refractivity contribution in [1.82, 2.24) is 20.2 Å².